The lowest BCUT2D eigenvalue weighted by atomic mass is 10.1. The van der Waals surface area contributed by atoms with Gasteiger partial charge in [0, 0.05) is 27.8 Å². The molecule has 0 unspecified atom stereocenters. The number of methoxy groups -OCH3 is 1. The fourth-order valence-electron chi connectivity index (χ4n) is 8.00. The van der Waals surface area contributed by atoms with Crippen molar-refractivity contribution < 1.29 is 65.7 Å². The van der Waals surface area contributed by atoms with Crippen LogP contribution >= 0.6 is 19.2 Å². The van der Waals surface area contributed by atoms with Crippen LogP contribution in [0.5, 0.6) is 0 Å². The molecule has 2 aliphatic heterocycles. The van der Waals surface area contributed by atoms with Crippen LogP contribution in [0.2, 0.25) is 31.0 Å². The van der Waals surface area contributed by atoms with Crippen LogP contribution in [0.25, 0.3) is 11.0 Å². The molecule has 66 heavy (non-hydrogen) atoms. The summed E-state index contributed by atoms with van der Waals surface area (Å²) in [6.07, 6.45) is 1.23. The van der Waals surface area contributed by atoms with Gasteiger partial charge in [0.25, 0.3) is 0 Å². The predicted octanol–water partition coefficient (Wildman–Crippen LogP) is 6.16. The number of nitrogens with zero attached hydrogens (tertiary/aromatic N) is 8. The van der Waals surface area contributed by atoms with Crippen LogP contribution < -0.4 is 9.58 Å². The number of ether oxygens (including phenoxy) is 9. The highest BCUT2D eigenvalue weighted by molar-refractivity contribution is 7.55. The zero-order chi connectivity index (χ0) is 47.9. The summed E-state index contributed by atoms with van der Waals surface area (Å²) in [5.41, 5.74) is -0.460. The van der Waals surface area contributed by atoms with Crippen molar-refractivity contribution in [2.75, 3.05) is 64.9 Å². The minimum atomic E-state index is -4.23. The van der Waals surface area contributed by atoms with Crippen molar-refractivity contribution in [1.82, 2.24) is 35.3 Å². The van der Waals surface area contributed by atoms with Crippen LogP contribution in [0.4, 0.5) is 10.6 Å². The Morgan fingerprint density at radius 1 is 1.03 bits per heavy atom. The molecule has 1 aliphatic carbocycles. The van der Waals surface area contributed by atoms with Gasteiger partial charge in [0.15, 0.2) is 30.2 Å². The lowest BCUT2D eigenvalue weighted by Crippen LogP contribution is -2.47. The van der Waals surface area contributed by atoms with Crippen LogP contribution in [0, 0.1) is 0 Å². The third kappa shape index (κ3) is 12.9. The highest BCUT2D eigenvalue weighted by Crippen LogP contribution is 2.61. The minimum absolute atomic E-state index is 0.0290. The van der Waals surface area contributed by atoms with E-state index in [0.29, 0.717) is 23.5 Å². The van der Waals surface area contributed by atoms with E-state index in [1.54, 1.807) is 55.3 Å². The van der Waals surface area contributed by atoms with Gasteiger partial charge in [-0.2, -0.15) is 15.1 Å². The second-order valence-electron chi connectivity index (χ2n) is 19.2. The molecule has 1 amide bonds. The first-order chi connectivity index (χ1) is 31.2. The van der Waals surface area contributed by atoms with Gasteiger partial charge in [0.1, 0.15) is 30.5 Å². The van der Waals surface area contributed by atoms with Crippen molar-refractivity contribution in [2.24, 2.45) is 0 Å². The maximum atomic E-state index is 15.1. The highest BCUT2D eigenvalue weighted by Gasteiger charge is 2.59. The third-order valence-corrected chi connectivity index (χ3v) is 15.5. The maximum Gasteiger partial charge on any atom is 0.416 e. The molecule has 5 heterocycles. The standard InChI is InChI=1S/C41H69ClN9O13PSi/c1-12-59-65(53,60-13-2)41(25-55-19-18-54-8,26-57-24-31-46-47-48-49(31)27-56-20-21-66(9,10)11)58-23-30-32-33(63-40(6,7)62-32)36(61-30)51-35-29(22-43-51)34(44-37(42)45-35)50(28-16-14-15-17-28)38(52)64-39(3,4)5/h22,28,30,32-33,36H,12-21,23-27H2,1-11H3/p+1/t30-,32-,33-,36-,41+/m1/s1. The van der Waals surface area contributed by atoms with E-state index >= 15 is 4.57 Å². The summed E-state index contributed by atoms with van der Waals surface area (Å²) in [6, 6.07) is 0.823. The number of nitrogens with one attached hydrogen (secondary N) is 1. The molecule has 0 spiro atoms. The number of aromatic nitrogens is 8. The topological polar surface area (TPSA) is 228 Å². The molecule has 1 saturated carbocycles. The van der Waals surface area contributed by atoms with Gasteiger partial charge in [-0.3, -0.25) is 9.46 Å². The lowest BCUT2D eigenvalue weighted by Gasteiger charge is -2.38. The molecule has 5 atom stereocenters. The van der Waals surface area contributed by atoms with E-state index in [2.05, 4.69) is 45.1 Å². The molecule has 3 aliphatic rings. The molecule has 3 fully saturated rings. The summed E-state index contributed by atoms with van der Waals surface area (Å²) in [4.78, 5) is 24.6. The van der Waals surface area contributed by atoms with Crippen LogP contribution in [-0.2, 0) is 69.6 Å². The molecular formula is C41H70ClN9O13PSi+. The van der Waals surface area contributed by atoms with Crippen molar-refractivity contribution >= 4 is 50.2 Å². The first-order valence-corrected chi connectivity index (χ1v) is 28.3. The number of aromatic amines is 1. The summed E-state index contributed by atoms with van der Waals surface area (Å²) < 4.78 is 86.0. The number of halogens is 1. The highest BCUT2D eigenvalue weighted by atomic mass is 35.5. The Morgan fingerprint density at radius 2 is 1.73 bits per heavy atom. The SMILES string of the molecule is CCOP(=O)(OCC)[C@@](COCCOC)(COCc1n[nH]n[n+]1COCC[Si](C)(C)C)OC[C@H]1O[C@@H](n2ncc3c(N(C(=O)OC(C)(C)C)C4CCCC4)nc(Cl)nc32)[C@@H]2OC(C)(C)O[C@@H]21. The quantitative estimate of drug-likeness (QED) is 0.0330. The van der Waals surface area contributed by atoms with Gasteiger partial charge in [-0.05, 0) is 84.2 Å². The first-order valence-electron chi connectivity index (χ1n) is 22.7. The van der Waals surface area contributed by atoms with Gasteiger partial charge in [0.2, 0.25) is 10.6 Å². The Bertz CT molecular complexity index is 2090. The van der Waals surface area contributed by atoms with Gasteiger partial charge in [-0.25, -0.2) is 9.48 Å². The number of rotatable bonds is 25. The molecule has 3 aromatic heterocycles. The summed E-state index contributed by atoms with van der Waals surface area (Å²) in [5, 5.41) is 14.4. The van der Waals surface area contributed by atoms with E-state index in [4.69, 9.17) is 68.4 Å². The minimum Gasteiger partial charge on any atom is -0.443 e. The Morgan fingerprint density at radius 3 is 2.39 bits per heavy atom. The molecule has 0 aromatic carbocycles. The normalized spacial score (nSPS) is 22.3. The number of tetrazole rings is 1. The number of hydrogen-bond acceptors (Lipinski definition) is 18. The van der Waals surface area contributed by atoms with Gasteiger partial charge >= 0.3 is 19.5 Å². The van der Waals surface area contributed by atoms with Crippen molar-refractivity contribution in [3.63, 3.8) is 0 Å². The van der Waals surface area contributed by atoms with Crippen LogP contribution in [0.3, 0.4) is 0 Å². The molecule has 2 saturated heterocycles. The molecular weight excluding hydrogens is 921 g/mol. The van der Waals surface area contributed by atoms with Crippen LogP contribution in [-0.4, -0.2) is 150 Å². The maximum absolute atomic E-state index is 15.1. The molecule has 0 radical (unpaired) electrons. The largest absolute Gasteiger partial charge is 0.443 e. The average Bonchev–Trinajstić information content (AvgIpc) is 4.07. The Kier molecular flexibility index (Phi) is 17.8. The number of carbonyl (C=O) groups is 1. The zero-order valence-electron chi connectivity index (χ0n) is 40.3. The number of amides is 1. The van der Waals surface area contributed by atoms with Crippen molar-refractivity contribution in [3.8, 4) is 0 Å². The second-order valence-corrected chi connectivity index (χ2v) is 27.5. The zero-order valence-corrected chi connectivity index (χ0v) is 42.9. The van der Waals surface area contributed by atoms with Gasteiger partial charge < -0.3 is 51.7 Å². The average molecular weight is 992 g/mol. The fourth-order valence-corrected chi connectivity index (χ4v) is 10.9. The first kappa shape index (κ1) is 52.6. The van der Waals surface area contributed by atoms with E-state index in [0.717, 1.165) is 31.7 Å². The number of fused-ring (bicyclic) bond motifs is 2. The van der Waals surface area contributed by atoms with Crippen molar-refractivity contribution in [3.05, 3.63) is 17.3 Å². The smallest absolute Gasteiger partial charge is 0.416 e. The molecule has 25 heteroatoms. The van der Waals surface area contributed by atoms with E-state index < -0.39 is 63.0 Å². The molecule has 0 bridgehead atoms. The van der Waals surface area contributed by atoms with E-state index in [9.17, 15) is 4.79 Å². The molecule has 6 rings (SSSR count). The van der Waals surface area contributed by atoms with Gasteiger partial charge in [-0.15, -0.1) is 4.68 Å². The van der Waals surface area contributed by atoms with Crippen LogP contribution in [0.1, 0.15) is 86.2 Å². The summed E-state index contributed by atoms with van der Waals surface area (Å²) in [7, 11) is -3.98. The number of hydrogen-bond donors (Lipinski definition) is 1. The molecule has 1 N–H and O–H groups in total. The monoisotopic (exact) mass is 990 g/mol. The fraction of sp³-hybridized carbons (Fsp3) is 0.829. The lowest BCUT2D eigenvalue weighted by molar-refractivity contribution is -0.792. The number of carbonyl (C=O) groups excluding carboxylic acids is 1. The Labute approximate surface area is 392 Å². The van der Waals surface area contributed by atoms with E-state index in [1.165, 1.54) is 0 Å². The third-order valence-electron chi connectivity index (χ3n) is 11.1. The van der Waals surface area contributed by atoms with Crippen LogP contribution in [0.15, 0.2) is 6.20 Å². The van der Waals surface area contributed by atoms with Gasteiger partial charge in [-0.1, -0.05) is 32.5 Å². The second kappa shape index (κ2) is 22.3. The van der Waals surface area contributed by atoms with Crippen molar-refractivity contribution in [2.45, 2.75) is 160 Å². The summed E-state index contributed by atoms with van der Waals surface area (Å²) in [6.45, 7) is 19.6. The summed E-state index contributed by atoms with van der Waals surface area (Å²) in [5.74, 6) is -0.339. The van der Waals surface area contributed by atoms with Gasteiger partial charge in [0.05, 0.1) is 68.1 Å². The van der Waals surface area contributed by atoms with E-state index in [-0.39, 0.29) is 76.7 Å². The number of H-pyrrole nitrogens is 1. The predicted molar refractivity (Wildman–Crippen MR) is 242 cm³/mol. The molecule has 22 nitrogen and oxygen atoms in total. The Hall–Kier alpha value is -2.77. The number of anilines is 1. The van der Waals surface area contributed by atoms with Crippen molar-refractivity contribution in [1.29, 1.82) is 0 Å². The summed E-state index contributed by atoms with van der Waals surface area (Å²) >= 11 is 6.66. The molecule has 3 aromatic rings. The molecule has 372 valence electrons. The van der Waals surface area contributed by atoms with E-state index in [1.807, 2.05) is 20.8 Å². The Balaban J connectivity index is 1.30.